The van der Waals surface area contributed by atoms with Gasteiger partial charge >= 0.3 is 0 Å². The highest BCUT2D eigenvalue weighted by molar-refractivity contribution is 5.94. The highest BCUT2D eigenvalue weighted by Gasteiger charge is 2.46. The number of halogens is 1. The van der Waals surface area contributed by atoms with Crippen LogP contribution in [0.2, 0.25) is 0 Å². The summed E-state index contributed by atoms with van der Waals surface area (Å²) in [5, 5.41) is 16.4. The van der Waals surface area contributed by atoms with Crippen LogP contribution in [-0.4, -0.2) is 39.7 Å². The second-order valence-corrected chi connectivity index (χ2v) is 9.76. The van der Waals surface area contributed by atoms with Crippen molar-refractivity contribution in [2.24, 2.45) is 11.8 Å². The van der Waals surface area contributed by atoms with Crippen molar-refractivity contribution in [1.29, 1.82) is 0 Å². The van der Waals surface area contributed by atoms with Crippen LogP contribution in [0.3, 0.4) is 0 Å². The molecule has 6 rings (SSSR count). The predicted octanol–water partition coefficient (Wildman–Crippen LogP) is 1.96. The number of rotatable bonds is 5. The molecule has 0 spiro atoms. The molecule has 0 radical (unpaired) electrons. The summed E-state index contributed by atoms with van der Waals surface area (Å²) in [5.41, 5.74) is -1.26. The van der Waals surface area contributed by atoms with Gasteiger partial charge in [-0.1, -0.05) is 12.1 Å². The van der Waals surface area contributed by atoms with E-state index in [1.54, 1.807) is 0 Å². The summed E-state index contributed by atoms with van der Waals surface area (Å²) in [6, 6.07) is 5.64. The van der Waals surface area contributed by atoms with Crippen LogP contribution in [-0.2, 0) is 28.2 Å². The zero-order valence-electron chi connectivity index (χ0n) is 19.4. The lowest BCUT2D eigenvalue weighted by molar-refractivity contribution is -0.130. The maximum Gasteiger partial charge on any atom is 0.296 e. The number of carbonyl (C=O) groups excluding carboxylic acids is 2. The van der Waals surface area contributed by atoms with Gasteiger partial charge in [-0.2, -0.15) is 0 Å². The van der Waals surface area contributed by atoms with E-state index in [0.29, 0.717) is 56.8 Å². The maximum absolute atomic E-state index is 13.2. The number of hydrogen-bond acceptors (Lipinski definition) is 6. The number of carbonyl (C=O) groups is 2. The molecule has 1 aromatic heterocycles. The number of benzene rings is 1. The van der Waals surface area contributed by atoms with Gasteiger partial charge in [0.05, 0.1) is 5.54 Å². The van der Waals surface area contributed by atoms with Crippen molar-refractivity contribution in [3.8, 4) is 5.75 Å². The molecule has 0 unspecified atom stereocenters. The number of nitrogens with one attached hydrogen (secondary N) is 2. The first-order valence-electron chi connectivity index (χ1n) is 12.1. The van der Waals surface area contributed by atoms with Crippen molar-refractivity contribution in [2.75, 3.05) is 13.2 Å². The molecule has 3 N–H and O–H groups in total. The Morgan fingerprint density at radius 2 is 1.83 bits per heavy atom. The minimum Gasteiger partial charge on any atom is -0.501 e. The normalized spacial score (nSPS) is 23.9. The molecular formula is C25H29FN4O5. The van der Waals surface area contributed by atoms with Crippen LogP contribution < -0.4 is 16.2 Å². The van der Waals surface area contributed by atoms with E-state index < -0.39 is 22.8 Å². The maximum atomic E-state index is 13.2. The summed E-state index contributed by atoms with van der Waals surface area (Å²) < 4.78 is 20.0. The van der Waals surface area contributed by atoms with E-state index in [2.05, 4.69) is 15.6 Å². The SMILES string of the molecule is O=C(NCc1ccc(F)cc1)c1nc2n(c(=O)c1O)CC1CCC2(NC(=O)C2CCOCC2)CC1. The first-order valence-corrected chi connectivity index (χ1v) is 12.1. The Morgan fingerprint density at radius 3 is 2.51 bits per heavy atom. The van der Waals surface area contributed by atoms with Crippen LogP contribution in [0.15, 0.2) is 29.1 Å². The minimum absolute atomic E-state index is 0.0757. The van der Waals surface area contributed by atoms with E-state index in [4.69, 9.17) is 4.74 Å². The number of amides is 2. The Morgan fingerprint density at radius 1 is 1.14 bits per heavy atom. The van der Waals surface area contributed by atoms with Gasteiger partial charge < -0.3 is 20.5 Å². The van der Waals surface area contributed by atoms with Crippen molar-refractivity contribution < 1.29 is 23.8 Å². The third-order valence-corrected chi connectivity index (χ3v) is 7.51. The number of hydrogen-bond donors (Lipinski definition) is 3. The molecule has 35 heavy (non-hydrogen) atoms. The van der Waals surface area contributed by atoms with Gasteiger partial charge in [-0.3, -0.25) is 19.0 Å². The lowest BCUT2D eigenvalue weighted by Gasteiger charge is -2.38. The fourth-order valence-corrected chi connectivity index (χ4v) is 5.42. The fourth-order valence-electron chi connectivity index (χ4n) is 5.42. The van der Waals surface area contributed by atoms with Crippen molar-refractivity contribution in [3.05, 3.63) is 57.5 Å². The van der Waals surface area contributed by atoms with E-state index >= 15 is 0 Å². The monoisotopic (exact) mass is 484 g/mol. The van der Waals surface area contributed by atoms with E-state index in [0.717, 1.165) is 12.8 Å². The van der Waals surface area contributed by atoms with E-state index in [1.165, 1.54) is 28.8 Å². The number of fused-ring (bicyclic) bond motifs is 2. The molecule has 1 saturated carbocycles. The fraction of sp³-hybridized carbons (Fsp3) is 0.520. The topological polar surface area (TPSA) is 123 Å². The highest BCUT2D eigenvalue weighted by Crippen LogP contribution is 2.43. The van der Waals surface area contributed by atoms with Crippen molar-refractivity contribution in [2.45, 2.75) is 57.2 Å². The molecule has 2 aromatic rings. The van der Waals surface area contributed by atoms with Crippen LogP contribution in [0.4, 0.5) is 4.39 Å². The van der Waals surface area contributed by atoms with E-state index in [-0.39, 0.29) is 35.8 Å². The Balaban J connectivity index is 1.46. The summed E-state index contributed by atoms with van der Waals surface area (Å²) in [7, 11) is 0. The third kappa shape index (κ3) is 4.54. The molecule has 2 amide bonds. The van der Waals surface area contributed by atoms with Crippen LogP contribution in [0.1, 0.15) is 60.4 Å². The van der Waals surface area contributed by atoms with Gasteiger partial charge in [0, 0.05) is 32.2 Å². The molecule has 4 aliphatic rings. The summed E-state index contributed by atoms with van der Waals surface area (Å²) in [6.07, 6.45) is 4.11. The molecule has 1 aromatic carbocycles. The molecule has 3 aliphatic heterocycles. The predicted molar refractivity (Wildman–Crippen MR) is 123 cm³/mol. The Bertz CT molecular complexity index is 1180. The van der Waals surface area contributed by atoms with Gasteiger partial charge in [-0.15, -0.1) is 0 Å². The summed E-state index contributed by atoms with van der Waals surface area (Å²) in [6.45, 7) is 1.54. The van der Waals surface area contributed by atoms with Crippen LogP contribution in [0.5, 0.6) is 5.75 Å². The second-order valence-electron chi connectivity index (χ2n) is 9.76. The summed E-state index contributed by atoms with van der Waals surface area (Å²) in [5.74, 6) is -1.51. The van der Waals surface area contributed by atoms with E-state index in [1.807, 2.05) is 0 Å². The number of ether oxygens (including phenoxy) is 1. The molecule has 1 saturated heterocycles. The van der Waals surface area contributed by atoms with Gasteiger partial charge in [0.1, 0.15) is 11.6 Å². The largest absolute Gasteiger partial charge is 0.501 e. The summed E-state index contributed by atoms with van der Waals surface area (Å²) >= 11 is 0. The van der Waals surface area contributed by atoms with Gasteiger partial charge in [0.25, 0.3) is 11.5 Å². The minimum atomic E-state index is -0.874. The first-order chi connectivity index (χ1) is 16.9. The quantitative estimate of drug-likeness (QED) is 0.596. The molecule has 4 heterocycles. The molecule has 2 fully saturated rings. The molecule has 186 valence electrons. The highest BCUT2D eigenvalue weighted by atomic mass is 19.1. The average molecular weight is 485 g/mol. The third-order valence-electron chi connectivity index (χ3n) is 7.51. The zero-order valence-corrected chi connectivity index (χ0v) is 19.4. The lowest BCUT2D eigenvalue weighted by Crippen LogP contribution is -2.52. The van der Waals surface area contributed by atoms with Crippen molar-refractivity contribution in [1.82, 2.24) is 20.2 Å². The number of aromatic nitrogens is 2. The van der Waals surface area contributed by atoms with Crippen LogP contribution in [0, 0.1) is 17.7 Å². The smallest absolute Gasteiger partial charge is 0.296 e. The second kappa shape index (κ2) is 9.41. The number of aromatic hydroxyl groups is 1. The van der Waals surface area contributed by atoms with Crippen molar-refractivity contribution >= 4 is 11.8 Å². The number of nitrogens with zero attached hydrogens (tertiary/aromatic N) is 2. The summed E-state index contributed by atoms with van der Waals surface area (Å²) in [4.78, 5) is 43.8. The molecular weight excluding hydrogens is 455 g/mol. The zero-order chi connectivity index (χ0) is 24.6. The Hall–Kier alpha value is -3.27. The van der Waals surface area contributed by atoms with Crippen LogP contribution in [0.25, 0.3) is 0 Å². The van der Waals surface area contributed by atoms with Gasteiger partial charge in [0.15, 0.2) is 5.69 Å². The van der Waals surface area contributed by atoms with Gasteiger partial charge in [-0.25, -0.2) is 9.37 Å². The van der Waals surface area contributed by atoms with E-state index in [9.17, 15) is 23.9 Å². The standard InChI is InChI=1S/C25H29FN4O5/c26-18-3-1-15(2-4-18)13-27-22(33)19-20(31)23(34)30-14-16-5-9-25(10-6-16,24(30)28-19)29-21(32)17-7-11-35-12-8-17/h1-4,16-17,31H,5-14H2,(H,27,33)(H,29,32). The first kappa shape index (κ1) is 23.5. The van der Waals surface area contributed by atoms with Gasteiger partial charge in [0.2, 0.25) is 11.7 Å². The molecule has 9 nitrogen and oxygen atoms in total. The Kier molecular flexibility index (Phi) is 6.31. The molecule has 10 heteroatoms. The Labute approximate surface area is 201 Å². The van der Waals surface area contributed by atoms with Crippen molar-refractivity contribution in [3.63, 3.8) is 0 Å². The van der Waals surface area contributed by atoms with Gasteiger partial charge in [-0.05, 0) is 62.1 Å². The molecule has 0 atom stereocenters. The van der Waals surface area contributed by atoms with Crippen LogP contribution >= 0.6 is 0 Å². The molecule has 2 bridgehead atoms. The molecule has 1 aliphatic carbocycles. The lowest BCUT2D eigenvalue weighted by atomic mass is 9.77. The average Bonchev–Trinajstić information content (AvgIpc) is 3.12.